The number of anilines is 1. The van der Waals surface area contributed by atoms with E-state index < -0.39 is 35.0 Å². The Balaban J connectivity index is 3.01. The molecule has 0 aliphatic carbocycles. The fourth-order valence-electron chi connectivity index (χ4n) is 1.57. The molecule has 0 radical (unpaired) electrons. The first kappa shape index (κ1) is 16.0. The Kier molecular flexibility index (Phi) is 5.57. The molecule has 0 aliphatic heterocycles. The van der Waals surface area contributed by atoms with Crippen LogP contribution in [-0.2, 0) is 9.53 Å². The minimum absolute atomic E-state index is 0.264. The number of hydrogen-bond acceptors (Lipinski definition) is 4. The quantitative estimate of drug-likeness (QED) is 0.806. The van der Waals surface area contributed by atoms with Crippen LogP contribution < -0.4 is 10.6 Å². The van der Waals surface area contributed by atoms with Crippen molar-refractivity contribution < 1.29 is 23.1 Å². The third-order valence-electron chi connectivity index (χ3n) is 2.68. The third-order valence-corrected chi connectivity index (χ3v) is 2.68. The van der Waals surface area contributed by atoms with Crippen LogP contribution in [0.5, 0.6) is 0 Å². The smallest absolute Gasteiger partial charge is 0.340 e. The maximum absolute atomic E-state index is 13.6. The number of hydrogen-bond donors (Lipinski definition) is 2. The van der Waals surface area contributed by atoms with E-state index >= 15 is 0 Å². The molecule has 5 nitrogen and oxygen atoms in total. The molecule has 20 heavy (non-hydrogen) atoms. The van der Waals surface area contributed by atoms with Gasteiger partial charge in [0.25, 0.3) is 0 Å². The van der Waals surface area contributed by atoms with Gasteiger partial charge in [0.1, 0.15) is 11.6 Å². The van der Waals surface area contributed by atoms with E-state index in [2.05, 4.69) is 15.4 Å². The second-order valence-electron chi connectivity index (χ2n) is 4.25. The van der Waals surface area contributed by atoms with Gasteiger partial charge in [0.15, 0.2) is 0 Å². The lowest BCUT2D eigenvalue weighted by molar-refractivity contribution is -0.119. The predicted octanol–water partition coefficient (Wildman–Crippen LogP) is 1.55. The molecule has 0 saturated carbocycles. The second kappa shape index (κ2) is 6.95. The standard InChI is InChI=1S/C13H16F2N2O3/c1-7(6-16-2)12(18)17-11-4-8(13(19)20-3)9(14)5-10(11)15/h4-5,7,16H,6H2,1-3H3,(H,17,18). The molecule has 0 fully saturated rings. The van der Waals surface area contributed by atoms with E-state index in [4.69, 9.17) is 0 Å². The van der Waals surface area contributed by atoms with E-state index in [0.717, 1.165) is 13.2 Å². The molecule has 0 aromatic heterocycles. The predicted molar refractivity (Wildman–Crippen MR) is 69.4 cm³/mol. The van der Waals surface area contributed by atoms with Crippen molar-refractivity contribution in [2.45, 2.75) is 6.92 Å². The minimum atomic E-state index is -1.05. The van der Waals surface area contributed by atoms with Crippen molar-refractivity contribution in [3.05, 3.63) is 29.3 Å². The number of carbonyl (C=O) groups excluding carboxylic acids is 2. The highest BCUT2D eigenvalue weighted by atomic mass is 19.1. The van der Waals surface area contributed by atoms with Gasteiger partial charge >= 0.3 is 5.97 Å². The van der Waals surface area contributed by atoms with Crippen LogP contribution in [0.25, 0.3) is 0 Å². The van der Waals surface area contributed by atoms with Crippen LogP contribution in [0.15, 0.2) is 12.1 Å². The van der Waals surface area contributed by atoms with E-state index in [9.17, 15) is 18.4 Å². The highest BCUT2D eigenvalue weighted by Gasteiger charge is 2.19. The van der Waals surface area contributed by atoms with Crippen molar-refractivity contribution in [3.8, 4) is 0 Å². The number of rotatable bonds is 5. The van der Waals surface area contributed by atoms with Crippen LogP contribution in [0.4, 0.5) is 14.5 Å². The normalized spacial score (nSPS) is 11.8. The maximum Gasteiger partial charge on any atom is 0.340 e. The highest BCUT2D eigenvalue weighted by Crippen LogP contribution is 2.20. The summed E-state index contributed by atoms with van der Waals surface area (Å²) < 4.78 is 31.4. The topological polar surface area (TPSA) is 67.4 Å². The van der Waals surface area contributed by atoms with Crippen LogP contribution in [0.1, 0.15) is 17.3 Å². The average molecular weight is 286 g/mol. The lowest BCUT2D eigenvalue weighted by Gasteiger charge is -2.13. The van der Waals surface area contributed by atoms with Gasteiger partial charge in [0.05, 0.1) is 18.4 Å². The second-order valence-corrected chi connectivity index (χ2v) is 4.25. The molecule has 0 bridgehead atoms. The Morgan fingerprint density at radius 2 is 1.95 bits per heavy atom. The van der Waals surface area contributed by atoms with E-state index in [1.54, 1.807) is 14.0 Å². The summed E-state index contributed by atoms with van der Waals surface area (Å²) in [7, 11) is 2.76. The van der Waals surface area contributed by atoms with Crippen LogP contribution in [-0.4, -0.2) is 32.6 Å². The van der Waals surface area contributed by atoms with Gasteiger partial charge in [0.2, 0.25) is 5.91 Å². The summed E-state index contributed by atoms with van der Waals surface area (Å²) in [6.07, 6.45) is 0. The molecule has 1 aromatic rings. The van der Waals surface area contributed by atoms with Gasteiger partial charge in [-0.2, -0.15) is 0 Å². The summed E-state index contributed by atoms with van der Waals surface area (Å²) in [6, 6.07) is 1.45. The first-order valence-corrected chi connectivity index (χ1v) is 5.93. The Morgan fingerprint density at radius 1 is 1.30 bits per heavy atom. The summed E-state index contributed by atoms with van der Waals surface area (Å²) >= 11 is 0. The summed E-state index contributed by atoms with van der Waals surface area (Å²) in [6.45, 7) is 2.05. The molecule has 0 spiro atoms. The lowest BCUT2D eigenvalue weighted by Crippen LogP contribution is -2.29. The number of methoxy groups -OCH3 is 1. The molecule has 0 heterocycles. The summed E-state index contributed by atoms with van der Waals surface area (Å²) in [5.74, 6) is -3.80. The molecule has 1 rings (SSSR count). The molecule has 1 unspecified atom stereocenters. The fraction of sp³-hybridized carbons (Fsp3) is 0.385. The van der Waals surface area contributed by atoms with Gasteiger partial charge in [0, 0.05) is 18.5 Å². The number of esters is 1. The Labute approximate surface area is 115 Å². The maximum atomic E-state index is 13.6. The van der Waals surface area contributed by atoms with Crippen molar-refractivity contribution >= 4 is 17.6 Å². The number of benzene rings is 1. The lowest BCUT2D eigenvalue weighted by atomic mass is 10.1. The van der Waals surface area contributed by atoms with E-state index in [1.807, 2.05) is 0 Å². The molecule has 0 aliphatic rings. The molecule has 1 amide bonds. The van der Waals surface area contributed by atoms with E-state index in [-0.39, 0.29) is 5.69 Å². The van der Waals surface area contributed by atoms with Gasteiger partial charge in [-0.05, 0) is 13.1 Å². The van der Waals surface area contributed by atoms with Crippen LogP contribution in [0.3, 0.4) is 0 Å². The fourth-order valence-corrected chi connectivity index (χ4v) is 1.57. The molecule has 110 valence electrons. The number of nitrogens with one attached hydrogen (secondary N) is 2. The zero-order chi connectivity index (χ0) is 15.3. The monoisotopic (exact) mass is 286 g/mol. The van der Waals surface area contributed by atoms with Crippen LogP contribution in [0, 0.1) is 17.6 Å². The third kappa shape index (κ3) is 3.74. The Bertz CT molecular complexity index is 521. The molecule has 0 saturated heterocycles. The zero-order valence-electron chi connectivity index (χ0n) is 11.4. The highest BCUT2D eigenvalue weighted by molar-refractivity contribution is 5.95. The van der Waals surface area contributed by atoms with Gasteiger partial charge < -0.3 is 15.4 Å². The van der Waals surface area contributed by atoms with Crippen molar-refractivity contribution in [1.82, 2.24) is 5.32 Å². The van der Waals surface area contributed by atoms with Gasteiger partial charge in [-0.25, -0.2) is 13.6 Å². The number of ether oxygens (including phenoxy) is 1. The summed E-state index contributed by atoms with van der Waals surface area (Å²) in [5.41, 5.74) is -0.703. The largest absolute Gasteiger partial charge is 0.465 e. The van der Waals surface area contributed by atoms with Crippen LogP contribution >= 0.6 is 0 Å². The molecular weight excluding hydrogens is 270 g/mol. The van der Waals surface area contributed by atoms with Crippen molar-refractivity contribution in [2.75, 3.05) is 26.0 Å². The number of carbonyl (C=O) groups is 2. The zero-order valence-corrected chi connectivity index (χ0v) is 11.4. The van der Waals surface area contributed by atoms with Gasteiger partial charge in [-0.1, -0.05) is 6.92 Å². The summed E-state index contributed by atoms with van der Waals surface area (Å²) in [5, 5.41) is 5.12. The van der Waals surface area contributed by atoms with Crippen molar-refractivity contribution in [1.29, 1.82) is 0 Å². The first-order chi connectivity index (χ1) is 9.40. The minimum Gasteiger partial charge on any atom is -0.465 e. The summed E-state index contributed by atoms with van der Waals surface area (Å²) in [4.78, 5) is 23.1. The molecule has 1 aromatic carbocycles. The van der Waals surface area contributed by atoms with Crippen LogP contribution in [0.2, 0.25) is 0 Å². The van der Waals surface area contributed by atoms with Gasteiger partial charge in [-0.15, -0.1) is 0 Å². The molecule has 7 heteroatoms. The number of halogens is 2. The van der Waals surface area contributed by atoms with Gasteiger partial charge in [-0.3, -0.25) is 4.79 Å². The van der Waals surface area contributed by atoms with Crippen molar-refractivity contribution in [2.24, 2.45) is 5.92 Å². The molecule has 1 atom stereocenters. The Hall–Kier alpha value is -2.02. The average Bonchev–Trinajstić information content (AvgIpc) is 2.41. The van der Waals surface area contributed by atoms with E-state index in [1.165, 1.54) is 0 Å². The first-order valence-electron chi connectivity index (χ1n) is 5.93. The number of amides is 1. The van der Waals surface area contributed by atoms with E-state index in [0.29, 0.717) is 12.6 Å². The SMILES string of the molecule is CNCC(C)C(=O)Nc1cc(C(=O)OC)c(F)cc1F. The van der Waals surface area contributed by atoms with Crippen molar-refractivity contribution in [3.63, 3.8) is 0 Å². The molecule has 2 N–H and O–H groups in total. The molecular formula is C13H16F2N2O3. The Morgan fingerprint density at radius 3 is 2.50 bits per heavy atom.